The summed E-state index contributed by atoms with van der Waals surface area (Å²) in [7, 11) is 0. The molecule has 0 aliphatic carbocycles. The topological polar surface area (TPSA) is 35.5 Å². The van der Waals surface area contributed by atoms with E-state index in [4.69, 9.17) is 9.47 Å². The maximum atomic E-state index is 11.1. The van der Waals surface area contributed by atoms with E-state index in [1.54, 1.807) is 12.2 Å². The van der Waals surface area contributed by atoms with Crippen molar-refractivity contribution in [2.45, 2.75) is 13.3 Å². The lowest BCUT2D eigenvalue weighted by molar-refractivity contribution is -0.114. The number of ether oxygens (including phenoxy) is 2. The summed E-state index contributed by atoms with van der Waals surface area (Å²) in [5, 5.41) is 0. The Hall–Kier alpha value is -1.77. The number of ketones is 1. The first-order chi connectivity index (χ1) is 7.29. The van der Waals surface area contributed by atoms with Gasteiger partial charge in [0.1, 0.15) is 0 Å². The second-order valence-electron chi connectivity index (χ2n) is 3.27. The molecule has 2 rings (SSSR count). The van der Waals surface area contributed by atoms with Gasteiger partial charge in [0.2, 0.25) is 6.79 Å². The molecule has 1 heterocycles. The molecule has 3 nitrogen and oxygen atoms in total. The van der Waals surface area contributed by atoms with E-state index in [2.05, 4.69) is 0 Å². The lowest BCUT2D eigenvalue weighted by Crippen LogP contribution is -1.92. The Morgan fingerprint density at radius 1 is 1.40 bits per heavy atom. The summed E-state index contributed by atoms with van der Waals surface area (Å²) in [6, 6.07) is 5.60. The molecule has 0 aromatic heterocycles. The van der Waals surface area contributed by atoms with E-state index >= 15 is 0 Å². The van der Waals surface area contributed by atoms with E-state index in [1.165, 1.54) is 0 Å². The van der Waals surface area contributed by atoms with Crippen LogP contribution in [0.25, 0.3) is 6.08 Å². The molecule has 3 heteroatoms. The standard InChI is InChI=1S/C12H12O3/c1-2-10(13)5-3-9-4-6-11-12(7-9)15-8-14-11/h3-7H,2,8H2,1H3. The molecule has 0 radical (unpaired) electrons. The van der Waals surface area contributed by atoms with Gasteiger partial charge in [-0.3, -0.25) is 4.79 Å². The van der Waals surface area contributed by atoms with E-state index in [9.17, 15) is 4.79 Å². The minimum atomic E-state index is 0.118. The Labute approximate surface area is 88.3 Å². The van der Waals surface area contributed by atoms with Crippen molar-refractivity contribution in [3.63, 3.8) is 0 Å². The second-order valence-corrected chi connectivity index (χ2v) is 3.27. The fourth-order valence-corrected chi connectivity index (χ4v) is 1.32. The van der Waals surface area contributed by atoms with Crippen molar-refractivity contribution in [1.29, 1.82) is 0 Å². The number of carbonyl (C=O) groups is 1. The number of fused-ring (bicyclic) bond motifs is 1. The van der Waals surface area contributed by atoms with Crippen molar-refractivity contribution in [2.75, 3.05) is 6.79 Å². The first kappa shape index (κ1) is 9.77. The molecule has 78 valence electrons. The number of carbonyl (C=O) groups excluding carboxylic acids is 1. The molecule has 1 aromatic carbocycles. The lowest BCUT2D eigenvalue weighted by Gasteiger charge is -1.97. The quantitative estimate of drug-likeness (QED) is 0.709. The molecule has 1 aliphatic heterocycles. The van der Waals surface area contributed by atoms with Crippen molar-refractivity contribution in [2.24, 2.45) is 0 Å². The molecule has 0 N–H and O–H groups in total. The molecule has 0 bridgehead atoms. The maximum Gasteiger partial charge on any atom is 0.231 e. The van der Waals surface area contributed by atoms with Gasteiger partial charge in [0.25, 0.3) is 0 Å². The third-order valence-corrected chi connectivity index (χ3v) is 2.21. The lowest BCUT2D eigenvalue weighted by atomic mass is 10.1. The normalized spacial score (nSPS) is 13.4. The summed E-state index contributed by atoms with van der Waals surface area (Å²) in [6.07, 6.45) is 3.90. The van der Waals surface area contributed by atoms with Crippen LogP contribution in [0.4, 0.5) is 0 Å². The van der Waals surface area contributed by atoms with Gasteiger partial charge in [-0.05, 0) is 23.8 Å². The van der Waals surface area contributed by atoms with Gasteiger partial charge in [-0.1, -0.05) is 19.1 Å². The van der Waals surface area contributed by atoms with Crippen LogP contribution in [0.3, 0.4) is 0 Å². The second kappa shape index (κ2) is 4.17. The SMILES string of the molecule is CCC(=O)C=Cc1ccc2c(c1)OCO2. The van der Waals surface area contributed by atoms with Crippen LogP contribution < -0.4 is 9.47 Å². The van der Waals surface area contributed by atoms with E-state index in [0.717, 1.165) is 17.1 Å². The zero-order valence-electron chi connectivity index (χ0n) is 8.53. The summed E-state index contributed by atoms with van der Waals surface area (Å²) in [4.78, 5) is 11.1. The fourth-order valence-electron chi connectivity index (χ4n) is 1.32. The van der Waals surface area contributed by atoms with Crippen LogP contribution in [-0.2, 0) is 4.79 Å². The Morgan fingerprint density at radius 3 is 3.00 bits per heavy atom. The Balaban J connectivity index is 2.16. The highest BCUT2D eigenvalue weighted by atomic mass is 16.7. The first-order valence-electron chi connectivity index (χ1n) is 4.90. The van der Waals surface area contributed by atoms with Crippen LogP contribution in [-0.4, -0.2) is 12.6 Å². The van der Waals surface area contributed by atoms with Crippen LogP contribution in [0.15, 0.2) is 24.3 Å². The molecule has 0 saturated carbocycles. The molecule has 0 amide bonds. The van der Waals surface area contributed by atoms with Gasteiger partial charge >= 0.3 is 0 Å². The summed E-state index contributed by atoms with van der Waals surface area (Å²) in [6.45, 7) is 2.11. The van der Waals surface area contributed by atoms with Crippen molar-refractivity contribution < 1.29 is 14.3 Å². The molecule has 0 atom stereocenters. The van der Waals surface area contributed by atoms with Crippen LogP contribution in [0.2, 0.25) is 0 Å². The van der Waals surface area contributed by atoms with Crippen LogP contribution in [0.1, 0.15) is 18.9 Å². The zero-order chi connectivity index (χ0) is 10.7. The molecule has 1 aliphatic rings. The van der Waals surface area contributed by atoms with Crippen molar-refractivity contribution in [1.82, 2.24) is 0 Å². The molecule has 0 unspecified atom stereocenters. The van der Waals surface area contributed by atoms with Gasteiger partial charge in [-0.15, -0.1) is 0 Å². The van der Waals surface area contributed by atoms with Gasteiger partial charge in [0, 0.05) is 6.42 Å². The van der Waals surface area contributed by atoms with Gasteiger partial charge in [0.05, 0.1) is 0 Å². The highest BCUT2D eigenvalue weighted by Gasteiger charge is 2.12. The summed E-state index contributed by atoms with van der Waals surface area (Å²) in [5.74, 6) is 1.61. The largest absolute Gasteiger partial charge is 0.454 e. The van der Waals surface area contributed by atoms with Crippen molar-refractivity contribution >= 4 is 11.9 Å². The molecule has 1 aromatic rings. The predicted molar refractivity (Wildman–Crippen MR) is 56.9 cm³/mol. The monoisotopic (exact) mass is 204 g/mol. The first-order valence-corrected chi connectivity index (χ1v) is 4.90. The van der Waals surface area contributed by atoms with Gasteiger partial charge in [0.15, 0.2) is 17.3 Å². The minimum Gasteiger partial charge on any atom is -0.454 e. The average molecular weight is 204 g/mol. The average Bonchev–Trinajstić information content (AvgIpc) is 2.72. The van der Waals surface area contributed by atoms with E-state index in [0.29, 0.717) is 6.42 Å². The molecular weight excluding hydrogens is 192 g/mol. The van der Waals surface area contributed by atoms with Crippen LogP contribution in [0, 0.1) is 0 Å². The zero-order valence-corrected chi connectivity index (χ0v) is 8.53. The number of hydrogen-bond donors (Lipinski definition) is 0. The number of benzene rings is 1. The highest BCUT2D eigenvalue weighted by Crippen LogP contribution is 2.32. The summed E-state index contributed by atoms with van der Waals surface area (Å²) in [5.41, 5.74) is 0.945. The highest BCUT2D eigenvalue weighted by molar-refractivity contribution is 5.93. The maximum absolute atomic E-state index is 11.1. The van der Waals surface area contributed by atoms with E-state index in [-0.39, 0.29) is 12.6 Å². The smallest absolute Gasteiger partial charge is 0.231 e. The molecule has 0 saturated heterocycles. The number of rotatable bonds is 3. The van der Waals surface area contributed by atoms with Gasteiger partial charge < -0.3 is 9.47 Å². The molecule has 15 heavy (non-hydrogen) atoms. The van der Waals surface area contributed by atoms with Crippen LogP contribution in [0.5, 0.6) is 11.5 Å². The van der Waals surface area contributed by atoms with Crippen molar-refractivity contribution in [3.8, 4) is 11.5 Å². The molecule has 0 fully saturated rings. The molecule has 0 spiro atoms. The minimum absolute atomic E-state index is 0.118. The Kier molecular flexibility index (Phi) is 2.72. The third-order valence-electron chi connectivity index (χ3n) is 2.21. The van der Waals surface area contributed by atoms with Crippen molar-refractivity contribution in [3.05, 3.63) is 29.8 Å². The number of hydrogen-bond acceptors (Lipinski definition) is 3. The third kappa shape index (κ3) is 2.18. The molecular formula is C12H12O3. The Morgan fingerprint density at radius 2 is 2.20 bits per heavy atom. The summed E-state index contributed by atoms with van der Waals surface area (Å²) >= 11 is 0. The summed E-state index contributed by atoms with van der Waals surface area (Å²) < 4.78 is 10.4. The predicted octanol–water partition coefficient (Wildman–Crippen LogP) is 2.41. The van der Waals surface area contributed by atoms with Gasteiger partial charge in [-0.25, -0.2) is 0 Å². The number of allylic oxidation sites excluding steroid dienone is 1. The van der Waals surface area contributed by atoms with E-state index in [1.807, 2.05) is 25.1 Å². The van der Waals surface area contributed by atoms with E-state index < -0.39 is 0 Å². The van der Waals surface area contributed by atoms with Gasteiger partial charge in [-0.2, -0.15) is 0 Å². The Bertz CT molecular complexity index is 407. The van der Waals surface area contributed by atoms with Crippen LogP contribution >= 0.6 is 0 Å². The fraction of sp³-hybridized carbons (Fsp3) is 0.250.